The number of amides is 1. The van der Waals surface area contributed by atoms with E-state index in [0.29, 0.717) is 5.92 Å². The fourth-order valence-corrected chi connectivity index (χ4v) is 2.73. The van der Waals surface area contributed by atoms with E-state index in [0.717, 1.165) is 13.0 Å². The Bertz CT molecular complexity index is 471. The maximum Gasteiger partial charge on any atom is 0.253 e. The SMILES string of the molecule is CC1CCNC(C)C1NC(=O)c1cccc(F)c1Cl. The zero-order valence-electron chi connectivity index (χ0n) is 11.0. The van der Waals surface area contributed by atoms with Crippen LogP contribution in [-0.2, 0) is 0 Å². The van der Waals surface area contributed by atoms with Crippen LogP contribution in [0.15, 0.2) is 18.2 Å². The maximum absolute atomic E-state index is 13.3. The molecule has 0 aromatic heterocycles. The van der Waals surface area contributed by atoms with Gasteiger partial charge in [-0.05, 0) is 37.9 Å². The summed E-state index contributed by atoms with van der Waals surface area (Å²) in [5, 5.41) is 6.15. The van der Waals surface area contributed by atoms with Crippen LogP contribution >= 0.6 is 11.6 Å². The molecular formula is C14H18ClFN2O. The van der Waals surface area contributed by atoms with Crippen molar-refractivity contribution in [1.82, 2.24) is 10.6 Å². The molecule has 3 atom stereocenters. The quantitative estimate of drug-likeness (QED) is 0.876. The van der Waals surface area contributed by atoms with Crippen LogP contribution in [0.1, 0.15) is 30.6 Å². The van der Waals surface area contributed by atoms with E-state index in [2.05, 4.69) is 17.6 Å². The second-order valence-electron chi connectivity index (χ2n) is 5.11. The van der Waals surface area contributed by atoms with Crippen molar-refractivity contribution in [3.63, 3.8) is 0 Å². The van der Waals surface area contributed by atoms with E-state index in [1.165, 1.54) is 18.2 Å². The highest BCUT2D eigenvalue weighted by Crippen LogP contribution is 2.21. The molecule has 3 unspecified atom stereocenters. The van der Waals surface area contributed by atoms with E-state index in [1.807, 2.05) is 6.92 Å². The number of rotatable bonds is 2. The van der Waals surface area contributed by atoms with Gasteiger partial charge in [0.2, 0.25) is 0 Å². The summed E-state index contributed by atoms with van der Waals surface area (Å²) in [4.78, 5) is 12.2. The first-order chi connectivity index (χ1) is 9.00. The summed E-state index contributed by atoms with van der Waals surface area (Å²) in [6.45, 7) is 5.10. The average Bonchev–Trinajstić information content (AvgIpc) is 2.37. The van der Waals surface area contributed by atoms with Crippen LogP contribution < -0.4 is 10.6 Å². The highest BCUT2D eigenvalue weighted by Gasteiger charge is 2.29. The van der Waals surface area contributed by atoms with Gasteiger partial charge in [-0.15, -0.1) is 0 Å². The molecule has 0 saturated carbocycles. The second-order valence-corrected chi connectivity index (χ2v) is 5.49. The van der Waals surface area contributed by atoms with E-state index in [-0.39, 0.29) is 28.6 Å². The minimum atomic E-state index is -0.572. The summed E-state index contributed by atoms with van der Waals surface area (Å²) in [6.07, 6.45) is 1.01. The van der Waals surface area contributed by atoms with Crippen molar-refractivity contribution in [2.75, 3.05) is 6.54 Å². The Morgan fingerprint density at radius 1 is 1.47 bits per heavy atom. The lowest BCUT2D eigenvalue weighted by molar-refractivity contribution is 0.0897. The Morgan fingerprint density at radius 3 is 2.89 bits per heavy atom. The third kappa shape index (κ3) is 3.07. The summed E-state index contributed by atoms with van der Waals surface area (Å²) in [7, 11) is 0. The Hall–Kier alpha value is -1.13. The number of halogens is 2. The van der Waals surface area contributed by atoms with E-state index in [9.17, 15) is 9.18 Å². The zero-order chi connectivity index (χ0) is 14.0. The van der Waals surface area contributed by atoms with Gasteiger partial charge in [-0.1, -0.05) is 24.6 Å². The molecule has 19 heavy (non-hydrogen) atoms. The molecule has 0 spiro atoms. The van der Waals surface area contributed by atoms with Crippen LogP contribution in [0.25, 0.3) is 0 Å². The lowest BCUT2D eigenvalue weighted by Crippen LogP contribution is -2.55. The van der Waals surface area contributed by atoms with Crippen molar-refractivity contribution in [3.05, 3.63) is 34.6 Å². The largest absolute Gasteiger partial charge is 0.347 e. The van der Waals surface area contributed by atoms with Crippen LogP contribution in [0, 0.1) is 11.7 Å². The fourth-order valence-electron chi connectivity index (χ4n) is 2.51. The third-order valence-electron chi connectivity index (χ3n) is 3.71. The number of nitrogens with one attached hydrogen (secondary N) is 2. The lowest BCUT2D eigenvalue weighted by Gasteiger charge is -2.36. The van der Waals surface area contributed by atoms with Gasteiger partial charge < -0.3 is 10.6 Å². The molecule has 0 aliphatic carbocycles. The van der Waals surface area contributed by atoms with E-state index in [4.69, 9.17) is 11.6 Å². The number of carbonyl (C=O) groups excluding carboxylic acids is 1. The Kier molecular flexibility index (Phi) is 4.42. The molecule has 1 heterocycles. The molecule has 1 aromatic rings. The van der Waals surface area contributed by atoms with Gasteiger partial charge in [0, 0.05) is 12.1 Å². The molecule has 104 valence electrons. The number of carbonyl (C=O) groups is 1. The number of hydrogen-bond donors (Lipinski definition) is 2. The second kappa shape index (κ2) is 5.88. The van der Waals surface area contributed by atoms with Gasteiger partial charge in [0.1, 0.15) is 5.82 Å². The van der Waals surface area contributed by atoms with Crippen molar-refractivity contribution in [2.45, 2.75) is 32.4 Å². The standard InChI is InChI=1S/C14H18ClFN2O/c1-8-6-7-17-9(2)13(8)18-14(19)10-4-3-5-11(16)12(10)15/h3-5,8-9,13,17H,6-7H2,1-2H3,(H,18,19). The van der Waals surface area contributed by atoms with Gasteiger partial charge in [-0.2, -0.15) is 0 Å². The number of piperidine rings is 1. The van der Waals surface area contributed by atoms with Crippen molar-refractivity contribution in [2.24, 2.45) is 5.92 Å². The molecule has 2 N–H and O–H groups in total. The van der Waals surface area contributed by atoms with Crippen LogP contribution in [0.3, 0.4) is 0 Å². The molecule has 1 saturated heterocycles. The zero-order valence-corrected chi connectivity index (χ0v) is 11.8. The number of hydrogen-bond acceptors (Lipinski definition) is 2. The number of benzene rings is 1. The molecule has 1 amide bonds. The van der Waals surface area contributed by atoms with Gasteiger partial charge in [-0.25, -0.2) is 4.39 Å². The summed E-state index contributed by atoms with van der Waals surface area (Å²) in [5.41, 5.74) is 0.187. The van der Waals surface area contributed by atoms with Crippen LogP contribution in [0.4, 0.5) is 4.39 Å². The monoisotopic (exact) mass is 284 g/mol. The first-order valence-corrected chi connectivity index (χ1v) is 6.86. The van der Waals surface area contributed by atoms with E-state index in [1.54, 1.807) is 0 Å². The van der Waals surface area contributed by atoms with E-state index < -0.39 is 5.82 Å². The Morgan fingerprint density at radius 2 is 2.21 bits per heavy atom. The predicted molar refractivity (Wildman–Crippen MR) is 73.9 cm³/mol. The smallest absolute Gasteiger partial charge is 0.253 e. The van der Waals surface area contributed by atoms with Gasteiger partial charge in [0.15, 0.2) is 0 Å². The fraction of sp³-hybridized carbons (Fsp3) is 0.500. The molecule has 1 fully saturated rings. The highest BCUT2D eigenvalue weighted by molar-refractivity contribution is 6.34. The minimum Gasteiger partial charge on any atom is -0.347 e. The van der Waals surface area contributed by atoms with Crippen molar-refractivity contribution in [1.29, 1.82) is 0 Å². The van der Waals surface area contributed by atoms with Gasteiger partial charge in [0.05, 0.1) is 10.6 Å². The maximum atomic E-state index is 13.3. The molecule has 1 aliphatic heterocycles. The molecule has 2 rings (SSSR count). The summed E-state index contributed by atoms with van der Waals surface area (Å²) >= 11 is 5.83. The molecule has 5 heteroatoms. The molecule has 1 aromatic carbocycles. The summed E-state index contributed by atoms with van der Waals surface area (Å²) in [5.74, 6) is -0.512. The topological polar surface area (TPSA) is 41.1 Å². The molecule has 0 radical (unpaired) electrons. The summed E-state index contributed by atoms with van der Waals surface area (Å²) < 4.78 is 13.3. The first kappa shape index (κ1) is 14.3. The van der Waals surface area contributed by atoms with Gasteiger partial charge >= 0.3 is 0 Å². The van der Waals surface area contributed by atoms with Crippen molar-refractivity contribution in [3.8, 4) is 0 Å². The predicted octanol–water partition coefficient (Wildman–Crippen LogP) is 2.60. The van der Waals surface area contributed by atoms with Crippen LogP contribution in [0.2, 0.25) is 5.02 Å². The van der Waals surface area contributed by atoms with Crippen molar-refractivity contribution >= 4 is 17.5 Å². The molecule has 0 bridgehead atoms. The molecular weight excluding hydrogens is 267 g/mol. The third-order valence-corrected chi connectivity index (χ3v) is 4.10. The van der Waals surface area contributed by atoms with Gasteiger partial charge in [0.25, 0.3) is 5.91 Å². The Balaban J connectivity index is 2.14. The average molecular weight is 285 g/mol. The normalized spacial score (nSPS) is 27.1. The van der Waals surface area contributed by atoms with E-state index >= 15 is 0 Å². The van der Waals surface area contributed by atoms with Crippen molar-refractivity contribution < 1.29 is 9.18 Å². The van der Waals surface area contributed by atoms with Crippen LogP contribution in [0.5, 0.6) is 0 Å². The first-order valence-electron chi connectivity index (χ1n) is 6.49. The minimum absolute atomic E-state index is 0.0283. The molecule has 3 nitrogen and oxygen atoms in total. The molecule has 1 aliphatic rings. The van der Waals surface area contributed by atoms with Crippen LogP contribution in [-0.4, -0.2) is 24.5 Å². The summed E-state index contributed by atoms with van der Waals surface area (Å²) in [6, 6.07) is 4.49. The lowest BCUT2D eigenvalue weighted by atomic mass is 9.89. The highest BCUT2D eigenvalue weighted by atomic mass is 35.5. The Labute approximate surface area is 117 Å². The van der Waals surface area contributed by atoms with Gasteiger partial charge in [-0.3, -0.25) is 4.79 Å².